The van der Waals surface area contributed by atoms with Crippen LogP contribution in [0.15, 0.2) is 0 Å². The Labute approximate surface area is 111 Å². The molecule has 2 rings (SSSR count). The number of ether oxygens (including phenoxy) is 1. The molecule has 3 nitrogen and oxygen atoms in total. The molecule has 104 valence electrons. The lowest BCUT2D eigenvalue weighted by Crippen LogP contribution is -2.41. The first-order chi connectivity index (χ1) is 8.79. The molecule has 0 aromatic heterocycles. The van der Waals surface area contributed by atoms with E-state index >= 15 is 0 Å². The lowest BCUT2D eigenvalue weighted by atomic mass is 9.88. The minimum atomic E-state index is 0.0193. The first kappa shape index (κ1) is 13.9. The number of likely N-dealkylation sites (tertiary alicyclic amines) is 1. The molecule has 18 heavy (non-hydrogen) atoms. The first-order valence-electron chi connectivity index (χ1n) is 7.68. The summed E-state index contributed by atoms with van der Waals surface area (Å²) in [5, 5.41) is 0. The Balaban J connectivity index is 1.77. The summed E-state index contributed by atoms with van der Waals surface area (Å²) < 4.78 is 5.15. The summed E-state index contributed by atoms with van der Waals surface area (Å²) in [6.45, 7) is 5.70. The third-order valence-corrected chi connectivity index (χ3v) is 4.37. The molecule has 3 heteroatoms. The molecule has 0 aromatic carbocycles. The van der Waals surface area contributed by atoms with Crippen molar-refractivity contribution in [1.29, 1.82) is 0 Å². The predicted octanol–water partition coefficient (Wildman–Crippen LogP) is 2.84. The molecule has 1 heterocycles. The molecule has 0 amide bonds. The van der Waals surface area contributed by atoms with Gasteiger partial charge in [0.2, 0.25) is 0 Å². The van der Waals surface area contributed by atoms with Crippen molar-refractivity contribution in [3.8, 4) is 0 Å². The quantitative estimate of drug-likeness (QED) is 0.722. The van der Waals surface area contributed by atoms with E-state index in [2.05, 4.69) is 4.90 Å². The third-order valence-electron chi connectivity index (χ3n) is 4.37. The van der Waals surface area contributed by atoms with Gasteiger partial charge in [-0.1, -0.05) is 19.3 Å². The number of hydrogen-bond donors (Lipinski definition) is 0. The summed E-state index contributed by atoms with van der Waals surface area (Å²) in [6.07, 6.45) is 9.17. The molecule has 1 aliphatic heterocycles. The van der Waals surface area contributed by atoms with E-state index < -0.39 is 0 Å². The van der Waals surface area contributed by atoms with Gasteiger partial charge in [-0.05, 0) is 45.1 Å². The van der Waals surface area contributed by atoms with Gasteiger partial charge in [0.15, 0.2) is 0 Å². The fourth-order valence-electron chi connectivity index (χ4n) is 3.41. The first-order valence-corrected chi connectivity index (χ1v) is 7.68. The number of rotatable bonds is 4. The average molecular weight is 253 g/mol. The summed E-state index contributed by atoms with van der Waals surface area (Å²) in [6, 6.07) is 0. The maximum Gasteiger partial charge on any atom is 0.310 e. The molecule has 1 saturated carbocycles. The number of carbonyl (C=O) groups is 1. The van der Waals surface area contributed by atoms with Crippen LogP contribution < -0.4 is 0 Å². The Hall–Kier alpha value is -0.570. The van der Waals surface area contributed by atoms with Gasteiger partial charge in [0.25, 0.3) is 0 Å². The van der Waals surface area contributed by atoms with Gasteiger partial charge in [-0.3, -0.25) is 4.79 Å². The number of nitrogens with zero attached hydrogens (tertiary/aromatic N) is 1. The summed E-state index contributed by atoms with van der Waals surface area (Å²) in [5.74, 6) is 1.02. The fraction of sp³-hybridized carbons (Fsp3) is 0.933. The van der Waals surface area contributed by atoms with E-state index in [1.165, 1.54) is 45.2 Å². The van der Waals surface area contributed by atoms with Crippen LogP contribution in [-0.2, 0) is 9.53 Å². The van der Waals surface area contributed by atoms with Gasteiger partial charge in [-0.25, -0.2) is 0 Å². The molecule has 0 aromatic rings. The zero-order valence-corrected chi connectivity index (χ0v) is 11.7. The lowest BCUT2D eigenvalue weighted by molar-refractivity contribution is -0.150. The van der Waals surface area contributed by atoms with Crippen LogP contribution in [0.5, 0.6) is 0 Å². The Morgan fingerprint density at radius 3 is 2.67 bits per heavy atom. The van der Waals surface area contributed by atoms with Crippen molar-refractivity contribution in [3.63, 3.8) is 0 Å². The van der Waals surface area contributed by atoms with Gasteiger partial charge in [-0.2, -0.15) is 0 Å². The maximum atomic E-state index is 11.8. The van der Waals surface area contributed by atoms with Crippen LogP contribution in [0.1, 0.15) is 51.9 Å². The summed E-state index contributed by atoms with van der Waals surface area (Å²) in [7, 11) is 0. The predicted molar refractivity (Wildman–Crippen MR) is 72.4 cm³/mol. The van der Waals surface area contributed by atoms with E-state index in [0.717, 1.165) is 25.3 Å². The Morgan fingerprint density at radius 2 is 1.94 bits per heavy atom. The van der Waals surface area contributed by atoms with Crippen molar-refractivity contribution in [2.45, 2.75) is 51.9 Å². The molecule has 2 fully saturated rings. The van der Waals surface area contributed by atoms with Crippen molar-refractivity contribution in [1.82, 2.24) is 4.90 Å². The molecule has 1 aliphatic carbocycles. The van der Waals surface area contributed by atoms with Gasteiger partial charge in [0, 0.05) is 13.1 Å². The highest BCUT2D eigenvalue weighted by Crippen LogP contribution is 2.26. The van der Waals surface area contributed by atoms with Crippen LogP contribution in [0.2, 0.25) is 0 Å². The van der Waals surface area contributed by atoms with Crippen molar-refractivity contribution < 1.29 is 9.53 Å². The van der Waals surface area contributed by atoms with E-state index in [1.807, 2.05) is 6.92 Å². The van der Waals surface area contributed by atoms with Crippen molar-refractivity contribution in [3.05, 3.63) is 0 Å². The van der Waals surface area contributed by atoms with Crippen LogP contribution in [-0.4, -0.2) is 37.1 Å². The minimum Gasteiger partial charge on any atom is -0.466 e. The summed E-state index contributed by atoms with van der Waals surface area (Å²) >= 11 is 0. The SMILES string of the molecule is CCOC(=O)[C@@H]1CCCN(CC2CCCCC2)C1. The second-order valence-corrected chi connectivity index (χ2v) is 5.85. The third kappa shape index (κ3) is 3.98. The fourth-order valence-corrected chi connectivity index (χ4v) is 3.41. The highest BCUT2D eigenvalue weighted by Gasteiger charge is 2.28. The van der Waals surface area contributed by atoms with E-state index in [-0.39, 0.29) is 11.9 Å². The van der Waals surface area contributed by atoms with Crippen LogP contribution >= 0.6 is 0 Å². The molecule has 0 unspecified atom stereocenters. The van der Waals surface area contributed by atoms with Gasteiger partial charge in [0.1, 0.15) is 0 Å². The Bertz CT molecular complexity index is 261. The number of carbonyl (C=O) groups excluding carboxylic acids is 1. The summed E-state index contributed by atoms with van der Waals surface area (Å²) in [4.78, 5) is 14.3. The second-order valence-electron chi connectivity index (χ2n) is 5.85. The zero-order valence-electron chi connectivity index (χ0n) is 11.7. The average Bonchev–Trinajstić information content (AvgIpc) is 2.40. The number of hydrogen-bond acceptors (Lipinski definition) is 3. The molecular weight excluding hydrogens is 226 g/mol. The zero-order chi connectivity index (χ0) is 12.8. The normalized spacial score (nSPS) is 27.1. The second kappa shape index (κ2) is 7.13. The topological polar surface area (TPSA) is 29.5 Å². The smallest absolute Gasteiger partial charge is 0.310 e. The monoisotopic (exact) mass is 253 g/mol. The molecular formula is C15H27NO2. The number of esters is 1. The minimum absolute atomic E-state index is 0.0193. The largest absolute Gasteiger partial charge is 0.466 e. The molecule has 0 bridgehead atoms. The molecule has 0 N–H and O–H groups in total. The van der Waals surface area contributed by atoms with Gasteiger partial charge in [-0.15, -0.1) is 0 Å². The number of piperidine rings is 1. The van der Waals surface area contributed by atoms with Gasteiger partial charge >= 0.3 is 5.97 Å². The van der Waals surface area contributed by atoms with E-state index in [0.29, 0.717) is 6.61 Å². The van der Waals surface area contributed by atoms with Gasteiger partial charge < -0.3 is 9.64 Å². The van der Waals surface area contributed by atoms with Crippen molar-refractivity contribution in [2.75, 3.05) is 26.2 Å². The highest BCUT2D eigenvalue weighted by molar-refractivity contribution is 5.72. The van der Waals surface area contributed by atoms with Crippen molar-refractivity contribution >= 4 is 5.97 Å². The van der Waals surface area contributed by atoms with E-state index in [1.54, 1.807) is 0 Å². The standard InChI is InChI=1S/C15H27NO2/c1-2-18-15(17)14-9-6-10-16(12-14)11-13-7-4-3-5-8-13/h13-14H,2-12H2,1H3/t14-/m1/s1. The van der Waals surface area contributed by atoms with E-state index in [9.17, 15) is 4.79 Å². The van der Waals surface area contributed by atoms with Crippen LogP contribution in [0.3, 0.4) is 0 Å². The highest BCUT2D eigenvalue weighted by atomic mass is 16.5. The molecule has 0 spiro atoms. The van der Waals surface area contributed by atoms with Gasteiger partial charge in [0.05, 0.1) is 12.5 Å². The molecule has 1 saturated heterocycles. The lowest BCUT2D eigenvalue weighted by Gasteiger charge is -2.35. The molecule has 1 atom stereocenters. The van der Waals surface area contributed by atoms with Crippen LogP contribution in [0.25, 0.3) is 0 Å². The van der Waals surface area contributed by atoms with Crippen molar-refractivity contribution in [2.24, 2.45) is 11.8 Å². The Kier molecular flexibility index (Phi) is 5.48. The maximum absolute atomic E-state index is 11.8. The Morgan fingerprint density at radius 1 is 1.17 bits per heavy atom. The molecule has 2 aliphatic rings. The van der Waals surface area contributed by atoms with Crippen LogP contribution in [0.4, 0.5) is 0 Å². The van der Waals surface area contributed by atoms with Crippen LogP contribution in [0, 0.1) is 11.8 Å². The summed E-state index contributed by atoms with van der Waals surface area (Å²) in [5.41, 5.74) is 0. The van der Waals surface area contributed by atoms with E-state index in [4.69, 9.17) is 4.74 Å². The molecule has 0 radical (unpaired) electrons.